The fourth-order valence-corrected chi connectivity index (χ4v) is 16.0. The molecule has 6 amide bonds. The number of nitrogens with two attached hydrogens (primary N) is 4. The van der Waals surface area contributed by atoms with Crippen LogP contribution in [-0.4, -0.2) is 191 Å². The summed E-state index contributed by atoms with van der Waals surface area (Å²) in [5, 5.41) is 50.2. The van der Waals surface area contributed by atoms with Gasteiger partial charge in [-0.1, -0.05) is 140 Å². The smallest absolute Gasteiger partial charge is 0.497 e. The lowest BCUT2D eigenvalue weighted by atomic mass is 9.49. The first-order valence-corrected chi connectivity index (χ1v) is 46.6. The van der Waals surface area contributed by atoms with Crippen molar-refractivity contribution in [3.05, 3.63) is 272 Å². The van der Waals surface area contributed by atoms with Gasteiger partial charge in [-0.05, 0) is 210 Å². The molecule has 5 unspecified atom stereocenters. The number of nitrogens with zero attached hydrogens (tertiary/aromatic N) is 10. The van der Waals surface area contributed by atoms with Crippen LogP contribution in [0, 0.1) is 3.70 Å². The summed E-state index contributed by atoms with van der Waals surface area (Å²) in [5.41, 5.74) is 31.2. The lowest BCUT2D eigenvalue weighted by Gasteiger charge is -2.32. The van der Waals surface area contributed by atoms with Crippen LogP contribution >= 0.6 is 54.5 Å². The second kappa shape index (κ2) is 45.0. The minimum Gasteiger partial charge on any atom is -0.506 e. The van der Waals surface area contributed by atoms with E-state index in [0.29, 0.717) is 59.7 Å². The number of nitrogens with one attached hydrogen (secondary N) is 3. The Morgan fingerprint density at radius 3 is 1.14 bits per heavy atom. The molecule has 0 aliphatic carbocycles. The van der Waals surface area contributed by atoms with Gasteiger partial charge in [0.1, 0.15) is 48.9 Å². The van der Waals surface area contributed by atoms with E-state index in [4.69, 9.17) is 73.6 Å². The number of aromatic nitrogens is 10. The Labute approximate surface area is 837 Å². The van der Waals surface area contributed by atoms with Gasteiger partial charge in [-0.2, -0.15) is 15.3 Å². The molecule has 10 heterocycles. The van der Waals surface area contributed by atoms with E-state index in [2.05, 4.69) is 83.0 Å². The molecule has 37 nitrogen and oxygen atoms in total. The second-order valence-corrected chi connectivity index (χ2v) is 38.6. The number of aliphatic hydroxyl groups is 2. The molecular formula is C97H107B3Br2IN17O20. The molecule has 5 atom stereocenters. The number of hydrogen-bond acceptors (Lipinski definition) is 28. The molecule has 3 fully saturated rings. The maximum Gasteiger partial charge on any atom is 0.497 e. The Morgan fingerprint density at radius 2 is 0.750 bits per heavy atom. The van der Waals surface area contributed by atoms with Crippen molar-refractivity contribution in [3.63, 3.8) is 0 Å². The van der Waals surface area contributed by atoms with Crippen molar-refractivity contribution in [2.24, 2.45) is 38.3 Å². The number of primary amides is 3. The molecule has 18 rings (SSSR count). The van der Waals surface area contributed by atoms with Gasteiger partial charge in [-0.15, -0.1) is 0 Å². The normalized spacial score (nSPS) is 16.0. The highest BCUT2D eigenvalue weighted by Crippen LogP contribution is 2.44. The summed E-state index contributed by atoms with van der Waals surface area (Å²) in [6.07, 6.45) is 7.83. The number of phenolic OH excluding ortho intramolecular Hbond substituents is 1. The number of aliphatic hydroxyl groups excluding tert-OH is 2. The molecule has 7 aromatic heterocycles. The maximum atomic E-state index is 13.2. The topological polar surface area (TPSA) is 533 Å². The Kier molecular flexibility index (Phi) is 34.0. The Hall–Kier alpha value is -13.1. The molecule has 730 valence electrons. The summed E-state index contributed by atoms with van der Waals surface area (Å²) in [6, 6.07) is 51.9. The van der Waals surface area contributed by atoms with E-state index in [0.717, 1.165) is 53.3 Å². The predicted octanol–water partition coefficient (Wildman–Crippen LogP) is 12.0. The summed E-state index contributed by atoms with van der Waals surface area (Å²) >= 11 is 8.47. The zero-order chi connectivity index (χ0) is 102. The van der Waals surface area contributed by atoms with Crippen LogP contribution in [0.5, 0.6) is 5.75 Å². The summed E-state index contributed by atoms with van der Waals surface area (Å²) < 4.78 is 63.7. The number of aromatic hydroxyl groups is 1. The van der Waals surface area contributed by atoms with Gasteiger partial charge in [-0.3, -0.25) is 47.6 Å². The highest BCUT2D eigenvalue weighted by molar-refractivity contribution is 14.1. The molecule has 3 saturated heterocycles. The molecule has 0 spiro atoms. The van der Waals surface area contributed by atoms with Crippen molar-refractivity contribution >= 4 is 172 Å². The zero-order valence-corrected chi connectivity index (χ0v) is 84.6. The van der Waals surface area contributed by atoms with Crippen LogP contribution in [0.1, 0.15) is 131 Å². The van der Waals surface area contributed by atoms with Crippen molar-refractivity contribution in [1.29, 1.82) is 0 Å². The number of nitrogen functional groups attached to an aromatic ring is 1. The van der Waals surface area contributed by atoms with Gasteiger partial charge in [-0.25, -0.2) is 19.9 Å². The van der Waals surface area contributed by atoms with Crippen molar-refractivity contribution < 1.29 is 94.5 Å². The van der Waals surface area contributed by atoms with E-state index in [1.807, 2.05) is 209 Å². The molecule has 8 aromatic carbocycles. The highest BCUT2D eigenvalue weighted by Gasteiger charge is 2.64. The van der Waals surface area contributed by atoms with E-state index >= 15 is 0 Å². The van der Waals surface area contributed by atoms with Crippen LogP contribution in [0.4, 0.5) is 5.69 Å². The van der Waals surface area contributed by atoms with Crippen LogP contribution in [-0.2, 0) is 87.5 Å². The number of benzene rings is 8. The first-order chi connectivity index (χ1) is 66.1. The number of para-hydroxylation sites is 5. The summed E-state index contributed by atoms with van der Waals surface area (Å²) in [6.45, 7) is 24.4. The van der Waals surface area contributed by atoms with E-state index in [1.165, 1.54) is 45.8 Å². The van der Waals surface area contributed by atoms with Gasteiger partial charge in [0.15, 0.2) is 60.1 Å². The van der Waals surface area contributed by atoms with Gasteiger partial charge >= 0.3 is 21.1 Å². The zero-order valence-electron chi connectivity index (χ0n) is 79.3. The number of fused-ring (bicyclic) bond motifs is 4. The third-order valence-electron chi connectivity index (χ3n) is 24.1. The number of anilines is 1. The predicted molar refractivity (Wildman–Crippen MR) is 541 cm³/mol. The number of rotatable bonds is 22. The number of Topliss-reactive ketones (excluding diaryl/α,β-unsaturated/α-hetero) is 1. The number of hydrogen-bond donors (Lipinski definition) is 10. The molecule has 43 heteroatoms. The molecular weight excluding hydrogens is 2040 g/mol. The molecule has 3 aliphatic heterocycles. The van der Waals surface area contributed by atoms with E-state index < -0.39 is 92.7 Å². The first kappa shape index (κ1) is 106. The van der Waals surface area contributed by atoms with Crippen molar-refractivity contribution in [1.82, 2.24) is 65.2 Å². The average Bonchev–Trinajstić information content (AvgIpc) is 1.61. The average molecular weight is 2150 g/mol. The molecule has 15 aromatic rings. The molecule has 0 saturated carbocycles. The van der Waals surface area contributed by atoms with Crippen LogP contribution < -0.4 is 44.3 Å². The number of aryl methyl sites for hydroxylation is 3. The van der Waals surface area contributed by atoms with Gasteiger partial charge in [0, 0.05) is 71.7 Å². The molecule has 0 radical (unpaired) electrons. The number of carbonyl (C=O) groups excluding carboxylic acids is 7. The summed E-state index contributed by atoms with van der Waals surface area (Å²) in [7, 11) is 3.73. The van der Waals surface area contributed by atoms with Gasteiger partial charge in [0.05, 0.1) is 68.1 Å². The quantitative estimate of drug-likeness (QED) is 0.00990. The summed E-state index contributed by atoms with van der Waals surface area (Å²) in [5.74, 6) is -5.13. The maximum absolute atomic E-state index is 13.2. The second-order valence-electron chi connectivity index (χ2n) is 35.8. The van der Waals surface area contributed by atoms with Gasteiger partial charge < -0.3 is 99.8 Å². The third-order valence-corrected chi connectivity index (χ3v) is 26.3. The van der Waals surface area contributed by atoms with Crippen LogP contribution in [0.15, 0.2) is 253 Å². The molecule has 140 heavy (non-hydrogen) atoms. The van der Waals surface area contributed by atoms with Crippen molar-refractivity contribution in [3.8, 4) is 28.3 Å². The lowest BCUT2D eigenvalue weighted by molar-refractivity contribution is -0.137. The molecule has 3 aliphatic rings. The lowest BCUT2D eigenvalue weighted by Crippen LogP contribution is -2.50. The first-order valence-electron chi connectivity index (χ1n) is 44.0. The van der Waals surface area contributed by atoms with E-state index in [1.54, 1.807) is 112 Å². The van der Waals surface area contributed by atoms with Crippen LogP contribution in [0.25, 0.3) is 66.9 Å². The number of halogens is 3. The SMILES string of the molecule is Brc1cccc2ocnc12.CC1(C)OB(B2OC(C)(C)C(C)(C)O2)OC1(C)C.CC1(C)OB(c2cccc3ocnc23)OC1(C)C.Cn1cc(C(=O)NC(Cc2ccccc2)C(=O)C(N)=O)c(-c2cccc3ocnc23)n1.Cn1cc(C(=O)NC(Cc2ccccc2)C(O)C(N)=O)c(-c2cccc3ocnc23)n1.Cn1cc(C(=O)NC(Cc2ccccc2)C(O)C(N)=O)c(I)n1.Nc1c(O)cccc1Br. The van der Waals surface area contributed by atoms with Crippen molar-refractivity contribution in [2.75, 3.05) is 5.73 Å². The van der Waals surface area contributed by atoms with Crippen LogP contribution in [0.3, 0.4) is 0 Å². The number of ketones is 1. The summed E-state index contributed by atoms with van der Waals surface area (Å²) in [4.78, 5) is 102. The van der Waals surface area contributed by atoms with Crippen molar-refractivity contribution in [2.45, 2.75) is 166 Å². The Bertz CT molecular complexity index is 6790. The van der Waals surface area contributed by atoms with Crippen LogP contribution in [0.2, 0.25) is 0 Å². The number of phenols is 1. The van der Waals surface area contributed by atoms with E-state index in [9.17, 15) is 43.8 Å². The minimum absolute atomic E-state index is 0.115. The Morgan fingerprint density at radius 1 is 0.414 bits per heavy atom. The molecule has 0 bridgehead atoms. The number of carbonyl (C=O) groups is 7. The number of oxazole rings is 4. The van der Waals surface area contributed by atoms with Gasteiger partial charge in [0.25, 0.3) is 23.6 Å². The minimum atomic E-state index is -1.55. The fourth-order valence-electron chi connectivity index (χ4n) is 14.5. The fraction of sp³-hybridized carbons (Fsp3) is 0.299. The largest absolute Gasteiger partial charge is 0.506 e. The molecule has 14 N–H and O–H groups in total. The van der Waals surface area contributed by atoms with Gasteiger partial charge in [0.2, 0.25) is 17.6 Å². The van der Waals surface area contributed by atoms with E-state index in [-0.39, 0.29) is 69.7 Å². The Balaban J connectivity index is 0.000000151. The standard InChI is InChI=1S/C22H21N5O4.C22H19N5O4.C15H17IN4O3.C13H16BNO3.C12H24B2O4.C7H4BrNO.C6H6BrNO/c2*1-27-11-15(18(26-27)14-8-5-9-17-19(14)24-12-31-17)22(30)25-16(20(28)21(23)29)10-13-6-3-2-4-7-13;1-20-8-10(13(16)19-20)15(23)18-11(12(21)14(17)22)7-9-5-3-2-4-6-9;1-12(2)13(3,4)18-14(17-12)9-6-5-7-10-11(9)15-8-16-10;1-9(2)10(3,4)16-13(15-9)14-17-11(5,6)12(7,8)18-14;8-5-2-1-3-6-7(5)9-4-10-6;7-4-2-1-3-5(9)6(4)8/h2-9,11-12,16,20,28H,10H2,1H3,(H2,23,29)(H,25,30);2-9,11-12,16H,10H2,1H3,(H2,23,29)(H,25,30);2-6,8,11-12,21H,7H2,1H3,(H2,17,22)(H,18,23);5-8H,1-4H3;1-8H3;1-4H;1-3,9H,8H2. The third kappa shape index (κ3) is 25.6. The highest BCUT2D eigenvalue weighted by atomic mass is 127. The monoisotopic (exact) mass is 2150 g/mol. The number of amides is 6.